The Hall–Kier alpha value is -1.86. The molecule has 2 N–H and O–H groups in total. The SMILES string of the molecule is COC1C(C)OC(OC2C(O)COC(OC3CC4CC(=O)C5(O)OC(CC5C)C(C)(C)C(/C=C/C=C/C(C)C)OC(=O)CC(O4)C3C)C2OC)C(OC)C1OC. The van der Waals surface area contributed by atoms with E-state index >= 15 is 0 Å². The number of aliphatic hydroxyl groups excluding tert-OH is 1. The Bertz CT molecular complexity index is 1370. The summed E-state index contributed by atoms with van der Waals surface area (Å²) < 4.78 is 67.2. The summed E-state index contributed by atoms with van der Waals surface area (Å²) in [5.41, 5.74) is -0.797. The number of methoxy groups -OCH3 is 4. The quantitative estimate of drug-likeness (QED) is 0.230. The molecule has 5 fully saturated rings. The van der Waals surface area contributed by atoms with Crippen molar-refractivity contribution >= 4 is 11.8 Å². The van der Waals surface area contributed by atoms with E-state index in [2.05, 4.69) is 13.8 Å². The summed E-state index contributed by atoms with van der Waals surface area (Å²) in [5.74, 6) is -3.62. The van der Waals surface area contributed by atoms with Crippen molar-refractivity contribution in [1.82, 2.24) is 0 Å². The van der Waals surface area contributed by atoms with Crippen molar-refractivity contribution in [1.29, 1.82) is 0 Å². The van der Waals surface area contributed by atoms with Gasteiger partial charge in [0.15, 0.2) is 18.4 Å². The van der Waals surface area contributed by atoms with Crippen LogP contribution in [0.4, 0.5) is 0 Å². The molecular formula is C41H66O15. The highest BCUT2D eigenvalue weighted by atomic mass is 16.8. The lowest BCUT2D eigenvalue weighted by Gasteiger charge is -2.48. The smallest absolute Gasteiger partial charge is 0.309 e. The average Bonchev–Trinajstić information content (AvgIpc) is 3.47. The zero-order valence-electron chi connectivity index (χ0n) is 34.9. The van der Waals surface area contributed by atoms with Gasteiger partial charge in [0.25, 0.3) is 0 Å². The summed E-state index contributed by atoms with van der Waals surface area (Å²) >= 11 is 0. The number of hydrogen-bond acceptors (Lipinski definition) is 15. The van der Waals surface area contributed by atoms with Crippen LogP contribution in [-0.2, 0) is 61.7 Å². The van der Waals surface area contributed by atoms with Crippen molar-refractivity contribution in [2.24, 2.45) is 23.2 Å². The van der Waals surface area contributed by atoms with Crippen LogP contribution >= 0.6 is 0 Å². The van der Waals surface area contributed by atoms with Crippen molar-refractivity contribution in [3.05, 3.63) is 24.3 Å². The molecule has 5 aliphatic rings. The number of rotatable bonds is 11. The number of ether oxygens (including phenoxy) is 11. The fourth-order valence-corrected chi connectivity index (χ4v) is 8.66. The maximum Gasteiger partial charge on any atom is 0.309 e. The van der Waals surface area contributed by atoms with Gasteiger partial charge in [0.2, 0.25) is 5.79 Å². The molecule has 0 saturated carbocycles. The van der Waals surface area contributed by atoms with Crippen LogP contribution in [0.3, 0.4) is 0 Å². The summed E-state index contributed by atoms with van der Waals surface area (Å²) in [6, 6.07) is 0. The van der Waals surface area contributed by atoms with E-state index in [9.17, 15) is 19.8 Å². The molecular weight excluding hydrogens is 732 g/mol. The topological polar surface area (TPSA) is 176 Å². The number of fused-ring (bicyclic) bond motifs is 4. The Morgan fingerprint density at radius 2 is 1.48 bits per heavy atom. The van der Waals surface area contributed by atoms with Crippen LogP contribution in [0.2, 0.25) is 0 Å². The second-order valence-corrected chi connectivity index (χ2v) is 17.0. The van der Waals surface area contributed by atoms with Crippen LogP contribution in [0.15, 0.2) is 24.3 Å². The number of carbonyl (C=O) groups is 2. The molecule has 0 aromatic heterocycles. The molecule has 0 amide bonds. The van der Waals surface area contributed by atoms with Gasteiger partial charge in [0.05, 0.1) is 43.5 Å². The van der Waals surface area contributed by atoms with Gasteiger partial charge in [-0.1, -0.05) is 59.8 Å². The number of aliphatic hydroxyl groups is 2. The van der Waals surface area contributed by atoms with Crippen molar-refractivity contribution in [3.8, 4) is 0 Å². The fourth-order valence-electron chi connectivity index (χ4n) is 8.66. The van der Waals surface area contributed by atoms with E-state index in [1.54, 1.807) is 21.1 Å². The molecule has 0 radical (unpaired) electrons. The molecule has 320 valence electrons. The molecule has 0 aromatic rings. The number of Topliss-reactive ketones (excluding diaryl/α,β-unsaturated/α-hetero) is 1. The van der Waals surface area contributed by atoms with Gasteiger partial charge >= 0.3 is 5.97 Å². The Morgan fingerprint density at radius 1 is 0.821 bits per heavy atom. The molecule has 5 saturated heterocycles. The Balaban J connectivity index is 1.39. The monoisotopic (exact) mass is 798 g/mol. The highest BCUT2D eigenvalue weighted by Crippen LogP contribution is 2.46. The minimum Gasteiger partial charge on any atom is -0.457 e. The molecule has 5 heterocycles. The van der Waals surface area contributed by atoms with Crippen LogP contribution in [-0.4, -0.2) is 149 Å². The van der Waals surface area contributed by atoms with Crippen molar-refractivity contribution < 1.29 is 71.9 Å². The van der Waals surface area contributed by atoms with E-state index in [-0.39, 0.29) is 31.8 Å². The van der Waals surface area contributed by atoms with Gasteiger partial charge in [-0.2, -0.15) is 0 Å². The maximum absolute atomic E-state index is 14.0. The molecule has 15 heteroatoms. The molecule has 17 unspecified atom stereocenters. The molecule has 0 spiro atoms. The Morgan fingerprint density at radius 3 is 2.12 bits per heavy atom. The number of carbonyl (C=O) groups excluding carboxylic acids is 2. The lowest BCUT2D eigenvalue weighted by molar-refractivity contribution is -0.358. The maximum atomic E-state index is 14.0. The first kappa shape index (κ1) is 45.2. The van der Waals surface area contributed by atoms with Gasteiger partial charge in [-0.15, -0.1) is 0 Å². The van der Waals surface area contributed by atoms with Crippen molar-refractivity contribution in [3.63, 3.8) is 0 Å². The summed E-state index contributed by atoms with van der Waals surface area (Å²) in [6.45, 7) is 13.4. The van der Waals surface area contributed by atoms with Gasteiger partial charge < -0.3 is 62.3 Å². The highest BCUT2D eigenvalue weighted by molar-refractivity contribution is 5.86. The van der Waals surface area contributed by atoms with Crippen molar-refractivity contribution in [2.45, 2.75) is 166 Å². The van der Waals surface area contributed by atoms with E-state index in [0.29, 0.717) is 12.3 Å². The highest BCUT2D eigenvalue weighted by Gasteiger charge is 2.57. The molecule has 0 aliphatic carbocycles. The van der Waals surface area contributed by atoms with E-state index in [4.69, 9.17) is 52.1 Å². The number of esters is 1. The number of cyclic esters (lactones) is 1. The molecule has 4 bridgehead atoms. The molecule has 17 atom stereocenters. The lowest BCUT2D eigenvalue weighted by Crippen LogP contribution is -2.63. The Labute approximate surface area is 331 Å². The zero-order valence-corrected chi connectivity index (χ0v) is 34.9. The molecule has 5 aliphatic heterocycles. The molecule has 0 aromatic carbocycles. The summed E-state index contributed by atoms with van der Waals surface area (Å²) in [6.07, 6.45) is -2.52. The second-order valence-electron chi connectivity index (χ2n) is 17.0. The number of hydrogen-bond donors (Lipinski definition) is 2. The van der Waals surface area contributed by atoms with Crippen LogP contribution in [0.25, 0.3) is 0 Å². The standard InChI is InChI=1S/C41H66O15/c1-21(2)14-12-13-15-30-40(6,7)31-16-22(3)41(45,56-31)29(43)18-25-17-27(23(4)28(52-25)19-32(44)54-30)53-38-36(48-10)34(26(42)20-50-38)55-39-37(49-11)35(47-9)33(46-8)24(5)51-39/h12-15,21-28,30-31,33-39,42,45H,16-20H2,1-11H3/b14-12+,15-13+. The molecule has 5 rings (SSSR count). The average molecular weight is 799 g/mol. The van der Waals surface area contributed by atoms with Gasteiger partial charge in [-0.3, -0.25) is 9.59 Å². The zero-order chi connectivity index (χ0) is 41.1. The fraction of sp³-hybridized carbons (Fsp3) is 0.854. The summed E-state index contributed by atoms with van der Waals surface area (Å²) in [7, 11) is 6.11. The third-order valence-corrected chi connectivity index (χ3v) is 12.3. The van der Waals surface area contributed by atoms with Gasteiger partial charge in [-0.05, 0) is 25.3 Å². The van der Waals surface area contributed by atoms with E-state index in [1.807, 2.05) is 52.0 Å². The predicted octanol–water partition coefficient (Wildman–Crippen LogP) is 3.26. The van der Waals surface area contributed by atoms with E-state index in [1.165, 1.54) is 14.2 Å². The number of ketones is 1. The Kier molecular flexibility index (Phi) is 15.4. The third-order valence-electron chi connectivity index (χ3n) is 12.3. The minimum absolute atomic E-state index is 0.109. The molecule has 56 heavy (non-hydrogen) atoms. The van der Waals surface area contributed by atoms with Gasteiger partial charge in [0, 0.05) is 58.5 Å². The minimum atomic E-state index is -2.05. The van der Waals surface area contributed by atoms with E-state index < -0.39 is 115 Å². The van der Waals surface area contributed by atoms with Crippen LogP contribution in [0.5, 0.6) is 0 Å². The lowest BCUT2D eigenvalue weighted by atomic mass is 9.77. The van der Waals surface area contributed by atoms with Gasteiger partial charge in [-0.25, -0.2) is 0 Å². The summed E-state index contributed by atoms with van der Waals surface area (Å²) in [4.78, 5) is 27.8. The van der Waals surface area contributed by atoms with Crippen LogP contribution in [0, 0.1) is 23.2 Å². The predicted molar refractivity (Wildman–Crippen MR) is 200 cm³/mol. The summed E-state index contributed by atoms with van der Waals surface area (Å²) in [5, 5.41) is 23.0. The van der Waals surface area contributed by atoms with Crippen molar-refractivity contribution in [2.75, 3.05) is 35.0 Å². The normalized spacial score (nSPS) is 45.1. The third kappa shape index (κ3) is 9.61. The van der Waals surface area contributed by atoms with Crippen LogP contribution in [0.1, 0.15) is 74.1 Å². The van der Waals surface area contributed by atoms with Crippen LogP contribution < -0.4 is 0 Å². The first-order valence-electron chi connectivity index (χ1n) is 20.0. The first-order chi connectivity index (χ1) is 26.5. The second kappa shape index (κ2) is 19.0. The largest absolute Gasteiger partial charge is 0.457 e. The van der Waals surface area contributed by atoms with Gasteiger partial charge in [0.1, 0.15) is 42.7 Å². The number of allylic oxidation sites excluding steroid dienone is 3. The first-order valence-corrected chi connectivity index (χ1v) is 20.0. The molecule has 15 nitrogen and oxygen atoms in total. The van der Waals surface area contributed by atoms with E-state index in [0.717, 1.165) is 0 Å².